The third-order valence-electron chi connectivity index (χ3n) is 4.10. The summed E-state index contributed by atoms with van der Waals surface area (Å²) in [6, 6.07) is 0. The molecule has 1 fully saturated rings. The Morgan fingerprint density at radius 2 is 2.13 bits per heavy atom. The minimum atomic E-state index is -0.141. The molecular formula is C17H26N4O2. The third-order valence-corrected chi connectivity index (χ3v) is 4.10. The first-order chi connectivity index (χ1) is 11.0. The zero-order chi connectivity index (χ0) is 16.8. The number of amides is 2. The van der Waals surface area contributed by atoms with Crippen molar-refractivity contribution in [1.82, 2.24) is 20.2 Å². The summed E-state index contributed by atoms with van der Waals surface area (Å²) in [7, 11) is 0. The van der Waals surface area contributed by atoms with E-state index < -0.39 is 0 Å². The van der Waals surface area contributed by atoms with Crippen molar-refractivity contribution in [2.45, 2.75) is 40.0 Å². The average Bonchev–Trinajstić information content (AvgIpc) is 2.54. The van der Waals surface area contributed by atoms with Gasteiger partial charge in [0.15, 0.2) is 0 Å². The Morgan fingerprint density at radius 1 is 1.35 bits per heavy atom. The Morgan fingerprint density at radius 3 is 2.78 bits per heavy atom. The van der Waals surface area contributed by atoms with Gasteiger partial charge in [0.05, 0.1) is 17.8 Å². The lowest BCUT2D eigenvalue weighted by Crippen LogP contribution is -2.45. The minimum absolute atomic E-state index is 0.0538. The van der Waals surface area contributed by atoms with E-state index in [-0.39, 0.29) is 17.7 Å². The lowest BCUT2D eigenvalue weighted by Gasteiger charge is -2.31. The first kappa shape index (κ1) is 17.4. The van der Waals surface area contributed by atoms with E-state index in [2.05, 4.69) is 29.1 Å². The van der Waals surface area contributed by atoms with Gasteiger partial charge in [-0.3, -0.25) is 14.6 Å². The normalized spacial score (nSPS) is 18.1. The van der Waals surface area contributed by atoms with Gasteiger partial charge in [0.2, 0.25) is 5.91 Å². The second-order valence-corrected chi connectivity index (χ2v) is 6.61. The number of carbonyl (C=O) groups is 2. The van der Waals surface area contributed by atoms with Crippen LogP contribution in [0.5, 0.6) is 0 Å². The number of likely N-dealkylation sites (tertiary alicyclic amines) is 1. The van der Waals surface area contributed by atoms with Crippen LogP contribution in [0, 0.1) is 18.8 Å². The van der Waals surface area contributed by atoms with Gasteiger partial charge in [0.25, 0.3) is 5.91 Å². The number of carbonyl (C=O) groups excluding carboxylic acids is 2. The van der Waals surface area contributed by atoms with Gasteiger partial charge in [0, 0.05) is 25.8 Å². The summed E-state index contributed by atoms with van der Waals surface area (Å²) in [6.07, 6.45) is 5.74. The molecule has 126 valence electrons. The van der Waals surface area contributed by atoms with E-state index in [1.54, 1.807) is 11.1 Å². The Labute approximate surface area is 137 Å². The highest BCUT2D eigenvalue weighted by Crippen LogP contribution is 2.18. The smallest absolute Gasteiger partial charge is 0.274 e. The molecule has 1 N–H and O–H groups in total. The molecule has 1 aliphatic heterocycles. The van der Waals surface area contributed by atoms with Crippen molar-refractivity contribution in [1.29, 1.82) is 0 Å². The number of aromatic nitrogens is 2. The van der Waals surface area contributed by atoms with Crippen molar-refractivity contribution in [3.05, 3.63) is 23.8 Å². The first-order valence-electron chi connectivity index (χ1n) is 8.33. The Kier molecular flexibility index (Phi) is 6.07. The second-order valence-electron chi connectivity index (χ2n) is 6.61. The van der Waals surface area contributed by atoms with Gasteiger partial charge in [-0.2, -0.15) is 0 Å². The van der Waals surface area contributed by atoms with Gasteiger partial charge in [-0.1, -0.05) is 13.8 Å². The van der Waals surface area contributed by atoms with Crippen molar-refractivity contribution >= 4 is 11.8 Å². The second kappa shape index (κ2) is 8.04. The average molecular weight is 318 g/mol. The topological polar surface area (TPSA) is 75.2 Å². The van der Waals surface area contributed by atoms with E-state index in [0.29, 0.717) is 31.2 Å². The zero-order valence-electron chi connectivity index (χ0n) is 14.2. The van der Waals surface area contributed by atoms with Gasteiger partial charge in [-0.25, -0.2) is 4.98 Å². The molecule has 1 aromatic rings. The van der Waals surface area contributed by atoms with E-state index in [0.717, 1.165) is 25.0 Å². The van der Waals surface area contributed by atoms with Crippen molar-refractivity contribution in [3.8, 4) is 0 Å². The van der Waals surface area contributed by atoms with Crippen molar-refractivity contribution < 1.29 is 9.59 Å². The number of nitrogens with one attached hydrogen (secondary N) is 1. The lowest BCUT2D eigenvalue weighted by molar-refractivity contribution is -0.126. The molecule has 0 bridgehead atoms. The fraction of sp³-hybridized carbons (Fsp3) is 0.647. The van der Waals surface area contributed by atoms with Crippen LogP contribution in [-0.4, -0.2) is 46.3 Å². The highest BCUT2D eigenvalue weighted by Gasteiger charge is 2.29. The SMILES string of the molecule is Cc1cnc(C(=O)N2CCC[C@@H](C(=O)NCCC(C)C)C2)cn1. The molecule has 1 saturated heterocycles. The fourth-order valence-electron chi connectivity index (χ4n) is 2.67. The summed E-state index contributed by atoms with van der Waals surface area (Å²) in [5.41, 5.74) is 1.12. The Balaban J connectivity index is 1.91. The van der Waals surface area contributed by atoms with Gasteiger partial charge in [-0.15, -0.1) is 0 Å². The summed E-state index contributed by atoms with van der Waals surface area (Å²) in [4.78, 5) is 34.7. The van der Waals surface area contributed by atoms with Crippen LogP contribution in [-0.2, 0) is 4.79 Å². The molecule has 1 aromatic heterocycles. The predicted octanol–water partition coefficient (Wildman–Crippen LogP) is 1.80. The van der Waals surface area contributed by atoms with Crippen LogP contribution in [0.1, 0.15) is 49.3 Å². The molecule has 0 radical (unpaired) electrons. The van der Waals surface area contributed by atoms with Crippen LogP contribution in [0.3, 0.4) is 0 Å². The summed E-state index contributed by atoms with van der Waals surface area (Å²) in [5, 5.41) is 2.99. The molecule has 6 nitrogen and oxygen atoms in total. The van der Waals surface area contributed by atoms with Crippen molar-refractivity contribution in [2.24, 2.45) is 11.8 Å². The first-order valence-corrected chi connectivity index (χ1v) is 8.33. The van der Waals surface area contributed by atoms with Crippen molar-refractivity contribution in [3.63, 3.8) is 0 Å². The molecule has 1 atom stereocenters. The minimum Gasteiger partial charge on any atom is -0.356 e. The van der Waals surface area contributed by atoms with Gasteiger partial charge < -0.3 is 10.2 Å². The van der Waals surface area contributed by atoms with Crippen LogP contribution in [0.4, 0.5) is 0 Å². The van der Waals surface area contributed by atoms with Crippen LogP contribution in [0.2, 0.25) is 0 Å². The molecule has 0 spiro atoms. The lowest BCUT2D eigenvalue weighted by atomic mass is 9.96. The predicted molar refractivity (Wildman–Crippen MR) is 87.9 cm³/mol. The largest absolute Gasteiger partial charge is 0.356 e. The van der Waals surface area contributed by atoms with Crippen LogP contribution in [0.25, 0.3) is 0 Å². The molecule has 6 heteroatoms. The number of aryl methyl sites for hydroxylation is 1. The highest BCUT2D eigenvalue weighted by atomic mass is 16.2. The Bertz CT molecular complexity index is 542. The summed E-state index contributed by atoms with van der Waals surface area (Å²) >= 11 is 0. The molecule has 23 heavy (non-hydrogen) atoms. The van der Waals surface area contributed by atoms with Crippen LogP contribution in [0.15, 0.2) is 12.4 Å². The van der Waals surface area contributed by atoms with Gasteiger partial charge in [0.1, 0.15) is 5.69 Å². The number of hydrogen-bond donors (Lipinski definition) is 1. The number of hydrogen-bond acceptors (Lipinski definition) is 4. The standard InChI is InChI=1S/C17H26N4O2/c1-12(2)6-7-18-16(22)14-5-4-8-21(11-14)17(23)15-10-19-13(3)9-20-15/h9-10,12,14H,4-8,11H2,1-3H3,(H,18,22)/t14-/m1/s1. The van der Waals surface area contributed by atoms with Crippen molar-refractivity contribution in [2.75, 3.05) is 19.6 Å². The van der Waals surface area contributed by atoms with E-state index in [1.165, 1.54) is 6.20 Å². The summed E-state index contributed by atoms with van der Waals surface area (Å²) in [5.74, 6) is 0.355. The van der Waals surface area contributed by atoms with E-state index in [4.69, 9.17) is 0 Å². The molecule has 2 amide bonds. The maximum absolute atomic E-state index is 12.5. The number of nitrogens with zero attached hydrogens (tertiary/aromatic N) is 3. The third kappa shape index (κ3) is 5.01. The highest BCUT2D eigenvalue weighted by molar-refractivity contribution is 5.92. The summed E-state index contributed by atoms with van der Waals surface area (Å²) < 4.78 is 0. The Hall–Kier alpha value is -1.98. The van der Waals surface area contributed by atoms with Crippen LogP contribution < -0.4 is 5.32 Å². The van der Waals surface area contributed by atoms with E-state index in [1.807, 2.05) is 6.92 Å². The van der Waals surface area contributed by atoms with Gasteiger partial charge in [-0.05, 0) is 32.1 Å². The van der Waals surface area contributed by atoms with Gasteiger partial charge >= 0.3 is 0 Å². The van der Waals surface area contributed by atoms with E-state index >= 15 is 0 Å². The molecule has 2 heterocycles. The molecule has 1 aliphatic rings. The zero-order valence-corrected chi connectivity index (χ0v) is 14.2. The molecule has 0 unspecified atom stereocenters. The molecular weight excluding hydrogens is 292 g/mol. The summed E-state index contributed by atoms with van der Waals surface area (Å²) in [6.45, 7) is 7.93. The van der Waals surface area contributed by atoms with Crippen LogP contribution >= 0.6 is 0 Å². The molecule has 2 rings (SSSR count). The maximum atomic E-state index is 12.5. The fourth-order valence-corrected chi connectivity index (χ4v) is 2.67. The molecule has 0 aromatic carbocycles. The quantitative estimate of drug-likeness (QED) is 0.898. The monoisotopic (exact) mass is 318 g/mol. The molecule has 0 saturated carbocycles. The van der Waals surface area contributed by atoms with E-state index in [9.17, 15) is 9.59 Å². The number of piperidine rings is 1. The maximum Gasteiger partial charge on any atom is 0.274 e. The molecule has 0 aliphatic carbocycles. The number of rotatable bonds is 5.